The van der Waals surface area contributed by atoms with Gasteiger partial charge in [0.25, 0.3) is 0 Å². The SMILES string of the molecule is CCCc1noc(CCCC(=O)N2CCCNCC2)n1.Cl. The first kappa shape index (κ1) is 17.9. The van der Waals surface area contributed by atoms with Gasteiger partial charge >= 0.3 is 0 Å². The summed E-state index contributed by atoms with van der Waals surface area (Å²) in [5, 5.41) is 7.22. The number of hydrogen-bond donors (Lipinski definition) is 1. The van der Waals surface area contributed by atoms with Crippen molar-refractivity contribution in [3.05, 3.63) is 11.7 Å². The number of nitrogens with zero attached hydrogens (tertiary/aromatic N) is 3. The molecule has 1 N–H and O–H groups in total. The monoisotopic (exact) mass is 316 g/mol. The highest BCUT2D eigenvalue weighted by Crippen LogP contribution is 2.07. The fourth-order valence-corrected chi connectivity index (χ4v) is 2.36. The highest BCUT2D eigenvalue weighted by atomic mass is 35.5. The van der Waals surface area contributed by atoms with E-state index in [2.05, 4.69) is 22.4 Å². The van der Waals surface area contributed by atoms with Crippen LogP contribution in [-0.4, -0.2) is 47.1 Å². The van der Waals surface area contributed by atoms with Gasteiger partial charge in [-0.15, -0.1) is 12.4 Å². The molecule has 0 saturated carbocycles. The number of rotatable bonds is 6. The Morgan fingerprint density at radius 1 is 1.33 bits per heavy atom. The molecule has 0 atom stereocenters. The van der Waals surface area contributed by atoms with Crippen LogP contribution in [-0.2, 0) is 17.6 Å². The summed E-state index contributed by atoms with van der Waals surface area (Å²) in [5.41, 5.74) is 0. The van der Waals surface area contributed by atoms with Gasteiger partial charge in [0.05, 0.1) is 0 Å². The fraction of sp³-hybridized carbons (Fsp3) is 0.786. The number of hydrogen-bond acceptors (Lipinski definition) is 5. The van der Waals surface area contributed by atoms with Gasteiger partial charge in [-0.25, -0.2) is 0 Å². The largest absolute Gasteiger partial charge is 0.341 e. The Kier molecular flexibility index (Phi) is 8.30. The molecule has 120 valence electrons. The zero-order chi connectivity index (χ0) is 14.2. The number of aryl methyl sites for hydroxylation is 2. The van der Waals surface area contributed by atoms with Gasteiger partial charge in [0, 0.05) is 38.9 Å². The van der Waals surface area contributed by atoms with E-state index in [-0.39, 0.29) is 18.3 Å². The Labute approximate surface area is 132 Å². The quantitative estimate of drug-likeness (QED) is 0.863. The van der Waals surface area contributed by atoms with Gasteiger partial charge < -0.3 is 14.7 Å². The third-order valence-electron chi connectivity index (χ3n) is 3.46. The highest BCUT2D eigenvalue weighted by Gasteiger charge is 2.15. The zero-order valence-corrected chi connectivity index (χ0v) is 13.5. The highest BCUT2D eigenvalue weighted by molar-refractivity contribution is 5.85. The normalized spacial score (nSPS) is 15.4. The van der Waals surface area contributed by atoms with Crippen LogP contribution in [0.15, 0.2) is 4.52 Å². The summed E-state index contributed by atoms with van der Waals surface area (Å²) in [4.78, 5) is 18.3. The van der Waals surface area contributed by atoms with Crippen LogP contribution in [0.4, 0.5) is 0 Å². The first-order valence-electron chi connectivity index (χ1n) is 7.59. The van der Waals surface area contributed by atoms with Crippen molar-refractivity contribution in [1.29, 1.82) is 0 Å². The van der Waals surface area contributed by atoms with Crippen molar-refractivity contribution in [1.82, 2.24) is 20.4 Å². The van der Waals surface area contributed by atoms with E-state index in [0.717, 1.165) is 57.7 Å². The van der Waals surface area contributed by atoms with Crippen LogP contribution in [0.25, 0.3) is 0 Å². The lowest BCUT2D eigenvalue weighted by Gasteiger charge is -2.19. The van der Waals surface area contributed by atoms with E-state index in [0.29, 0.717) is 18.7 Å². The molecular weight excluding hydrogens is 292 g/mol. The number of amides is 1. The molecule has 1 fully saturated rings. The van der Waals surface area contributed by atoms with Crippen LogP contribution >= 0.6 is 12.4 Å². The van der Waals surface area contributed by atoms with Crippen molar-refractivity contribution < 1.29 is 9.32 Å². The number of carbonyl (C=O) groups excluding carboxylic acids is 1. The predicted molar refractivity (Wildman–Crippen MR) is 82.5 cm³/mol. The Hall–Kier alpha value is -1.14. The summed E-state index contributed by atoms with van der Waals surface area (Å²) in [6, 6.07) is 0. The van der Waals surface area contributed by atoms with Gasteiger partial charge in [0.15, 0.2) is 5.82 Å². The van der Waals surface area contributed by atoms with Crippen molar-refractivity contribution in [2.24, 2.45) is 0 Å². The average Bonchev–Trinajstić information content (AvgIpc) is 2.73. The third-order valence-corrected chi connectivity index (χ3v) is 3.46. The summed E-state index contributed by atoms with van der Waals surface area (Å²) >= 11 is 0. The molecule has 0 spiro atoms. The summed E-state index contributed by atoms with van der Waals surface area (Å²) in [5.74, 6) is 1.66. The number of aromatic nitrogens is 2. The van der Waals surface area contributed by atoms with Crippen molar-refractivity contribution in [3.63, 3.8) is 0 Å². The van der Waals surface area contributed by atoms with E-state index in [9.17, 15) is 4.79 Å². The molecule has 0 radical (unpaired) electrons. The van der Waals surface area contributed by atoms with E-state index in [1.807, 2.05) is 4.90 Å². The molecule has 2 rings (SSSR count). The fourth-order valence-electron chi connectivity index (χ4n) is 2.36. The van der Waals surface area contributed by atoms with Crippen LogP contribution in [0, 0.1) is 0 Å². The van der Waals surface area contributed by atoms with Crippen molar-refractivity contribution >= 4 is 18.3 Å². The Bertz CT molecular complexity index is 417. The second-order valence-electron chi connectivity index (χ2n) is 5.19. The van der Waals surface area contributed by atoms with E-state index in [1.165, 1.54) is 0 Å². The maximum absolute atomic E-state index is 12.1. The summed E-state index contributed by atoms with van der Waals surface area (Å²) in [6.45, 7) is 5.68. The van der Waals surface area contributed by atoms with Gasteiger partial charge in [0.2, 0.25) is 11.8 Å². The first-order valence-corrected chi connectivity index (χ1v) is 7.59. The molecule has 21 heavy (non-hydrogen) atoms. The molecule has 7 heteroatoms. The van der Waals surface area contributed by atoms with E-state index < -0.39 is 0 Å². The lowest BCUT2D eigenvalue weighted by atomic mass is 10.2. The van der Waals surface area contributed by atoms with Crippen molar-refractivity contribution in [3.8, 4) is 0 Å². The molecule has 0 unspecified atom stereocenters. The summed E-state index contributed by atoms with van der Waals surface area (Å²) < 4.78 is 5.17. The Balaban J connectivity index is 0.00000220. The number of carbonyl (C=O) groups is 1. The molecule has 0 bridgehead atoms. The molecule has 1 aliphatic rings. The molecule has 0 aliphatic carbocycles. The Morgan fingerprint density at radius 2 is 2.19 bits per heavy atom. The Morgan fingerprint density at radius 3 is 3.00 bits per heavy atom. The third kappa shape index (κ3) is 6.01. The predicted octanol–water partition coefficient (Wildman–Crippen LogP) is 1.59. The minimum Gasteiger partial charge on any atom is -0.341 e. The van der Waals surface area contributed by atoms with Gasteiger partial charge in [-0.2, -0.15) is 4.98 Å². The van der Waals surface area contributed by atoms with E-state index >= 15 is 0 Å². The lowest BCUT2D eigenvalue weighted by molar-refractivity contribution is -0.131. The standard InChI is InChI=1S/C14H24N4O2.ClH/c1-2-5-12-16-13(20-17-12)6-3-7-14(19)18-10-4-8-15-9-11-18;/h15H,2-11H2,1H3;1H. The molecule has 1 amide bonds. The molecule has 1 aromatic heterocycles. The second-order valence-corrected chi connectivity index (χ2v) is 5.19. The maximum atomic E-state index is 12.1. The van der Waals surface area contributed by atoms with Crippen LogP contribution in [0.2, 0.25) is 0 Å². The molecule has 2 heterocycles. The van der Waals surface area contributed by atoms with E-state index in [1.54, 1.807) is 0 Å². The van der Waals surface area contributed by atoms with E-state index in [4.69, 9.17) is 4.52 Å². The molecule has 1 aromatic rings. The first-order chi connectivity index (χ1) is 9.79. The van der Waals surface area contributed by atoms with Gasteiger partial charge in [0.1, 0.15) is 0 Å². The van der Waals surface area contributed by atoms with Gasteiger partial charge in [-0.3, -0.25) is 4.79 Å². The number of nitrogens with one attached hydrogen (secondary N) is 1. The maximum Gasteiger partial charge on any atom is 0.226 e. The lowest BCUT2D eigenvalue weighted by Crippen LogP contribution is -2.34. The smallest absolute Gasteiger partial charge is 0.226 e. The second kappa shape index (κ2) is 9.73. The van der Waals surface area contributed by atoms with Crippen LogP contribution in [0.1, 0.15) is 44.3 Å². The molecule has 0 aromatic carbocycles. The summed E-state index contributed by atoms with van der Waals surface area (Å²) in [7, 11) is 0. The minimum absolute atomic E-state index is 0. The average molecular weight is 317 g/mol. The van der Waals surface area contributed by atoms with Crippen LogP contribution in [0.3, 0.4) is 0 Å². The van der Waals surface area contributed by atoms with Crippen LogP contribution < -0.4 is 5.32 Å². The molecule has 6 nitrogen and oxygen atoms in total. The van der Waals surface area contributed by atoms with Crippen molar-refractivity contribution in [2.45, 2.75) is 45.4 Å². The zero-order valence-electron chi connectivity index (χ0n) is 12.6. The van der Waals surface area contributed by atoms with Gasteiger partial charge in [-0.1, -0.05) is 12.1 Å². The number of halogens is 1. The molecule has 1 saturated heterocycles. The van der Waals surface area contributed by atoms with Crippen molar-refractivity contribution in [2.75, 3.05) is 26.2 Å². The van der Waals surface area contributed by atoms with Gasteiger partial charge in [-0.05, 0) is 25.8 Å². The van der Waals surface area contributed by atoms with Crippen LogP contribution in [0.5, 0.6) is 0 Å². The molecule has 1 aliphatic heterocycles. The minimum atomic E-state index is 0. The summed E-state index contributed by atoms with van der Waals surface area (Å²) in [6.07, 6.45) is 4.93. The molecular formula is C14H25ClN4O2. The topological polar surface area (TPSA) is 71.3 Å².